The standard InChI is InChI=1S/C9H20N2O3/c1-13-6-7-14-5-3-2-4-11-8-9(10)12/h11H,2-8H2,1H3,(H2,10,12). The Balaban J connectivity index is 2.88. The van der Waals surface area contributed by atoms with Gasteiger partial charge < -0.3 is 20.5 Å². The van der Waals surface area contributed by atoms with E-state index >= 15 is 0 Å². The molecule has 0 fully saturated rings. The first-order valence-corrected chi connectivity index (χ1v) is 4.83. The fourth-order valence-corrected chi connectivity index (χ4v) is 0.910. The molecule has 0 saturated heterocycles. The summed E-state index contributed by atoms with van der Waals surface area (Å²) in [5.41, 5.74) is 4.95. The number of nitrogens with two attached hydrogens (primary N) is 1. The molecule has 0 aliphatic heterocycles. The van der Waals surface area contributed by atoms with Crippen LogP contribution in [0.3, 0.4) is 0 Å². The van der Waals surface area contributed by atoms with Crippen LogP contribution in [0, 0.1) is 0 Å². The second-order valence-corrected chi connectivity index (χ2v) is 2.96. The number of hydrogen-bond acceptors (Lipinski definition) is 4. The molecule has 14 heavy (non-hydrogen) atoms. The Morgan fingerprint density at radius 3 is 2.71 bits per heavy atom. The molecule has 1 amide bonds. The Labute approximate surface area is 84.9 Å². The smallest absolute Gasteiger partial charge is 0.231 e. The molecule has 0 spiro atoms. The molecular formula is C9H20N2O3. The molecule has 0 aliphatic rings. The molecule has 84 valence electrons. The number of ether oxygens (including phenoxy) is 2. The summed E-state index contributed by atoms with van der Waals surface area (Å²) in [6.45, 7) is 3.08. The quantitative estimate of drug-likeness (QED) is 0.471. The van der Waals surface area contributed by atoms with E-state index in [9.17, 15) is 4.79 Å². The Bertz CT molecular complexity index is 142. The van der Waals surface area contributed by atoms with Crippen molar-refractivity contribution in [2.24, 2.45) is 5.73 Å². The molecule has 0 aromatic heterocycles. The third kappa shape index (κ3) is 11.4. The minimum absolute atomic E-state index is 0.254. The highest BCUT2D eigenvalue weighted by molar-refractivity contribution is 5.75. The zero-order valence-electron chi connectivity index (χ0n) is 8.75. The van der Waals surface area contributed by atoms with Gasteiger partial charge in [-0.25, -0.2) is 0 Å². The van der Waals surface area contributed by atoms with E-state index in [4.69, 9.17) is 15.2 Å². The fraction of sp³-hybridized carbons (Fsp3) is 0.889. The number of nitrogens with one attached hydrogen (secondary N) is 1. The molecule has 0 radical (unpaired) electrons. The van der Waals surface area contributed by atoms with Crippen molar-refractivity contribution >= 4 is 5.91 Å². The first kappa shape index (κ1) is 13.4. The molecular weight excluding hydrogens is 184 g/mol. The first-order valence-electron chi connectivity index (χ1n) is 4.83. The highest BCUT2D eigenvalue weighted by atomic mass is 16.5. The second-order valence-electron chi connectivity index (χ2n) is 2.96. The van der Waals surface area contributed by atoms with E-state index in [0.29, 0.717) is 13.2 Å². The summed E-state index contributed by atoms with van der Waals surface area (Å²) in [4.78, 5) is 10.3. The zero-order valence-corrected chi connectivity index (χ0v) is 8.75. The van der Waals surface area contributed by atoms with Crippen LogP contribution in [0.1, 0.15) is 12.8 Å². The van der Waals surface area contributed by atoms with E-state index in [2.05, 4.69) is 5.32 Å². The van der Waals surface area contributed by atoms with Crippen molar-refractivity contribution in [3.8, 4) is 0 Å². The first-order chi connectivity index (χ1) is 6.77. The highest BCUT2D eigenvalue weighted by Gasteiger charge is 1.93. The van der Waals surface area contributed by atoms with E-state index < -0.39 is 0 Å². The number of carbonyl (C=O) groups is 1. The fourth-order valence-electron chi connectivity index (χ4n) is 0.910. The Hall–Kier alpha value is -0.650. The Morgan fingerprint density at radius 2 is 2.07 bits per heavy atom. The summed E-state index contributed by atoms with van der Waals surface area (Å²) in [6, 6.07) is 0. The van der Waals surface area contributed by atoms with Gasteiger partial charge in [0.1, 0.15) is 0 Å². The highest BCUT2D eigenvalue weighted by Crippen LogP contribution is 1.88. The molecule has 5 nitrogen and oxygen atoms in total. The van der Waals surface area contributed by atoms with E-state index in [1.165, 1.54) is 0 Å². The van der Waals surface area contributed by atoms with E-state index in [1.54, 1.807) is 7.11 Å². The summed E-state index contributed by atoms with van der Waals surface area (Å²) in [5.74, 6) is -0.318. The van der Waals surface area contributed by atoms with Crippen LogP contribution in [0.25, 0.3) is 0 Å². The number of carbonyl (C=O) groups excluding carboxylic acids is 1. The second kappa shape index (κ2) is 10.4. The van der Waals surface area contributed by atoms with Crippen LogP contribution in [0.2, 0.25) is 0 Å². The number of unbranched alkanes of at least 4 members (excludes halogenated alkanes) is 1. The van der Waals surface area contributed by atoms with Crippen molar-refractivity contribution < 1.29 is 14.3 Å². The molecule has 0 atom stereocenters. The summed E-state index contributed by atoms with van der Waals surface area (Å²) < 4.78 is 10.1. The molecule has 0 unspecified atom stereocenters. The van der Waals surface area contributed by atoms with E-state index in [-0.39, 0.29) is 12.5 Å². The topological polar surface area (TPSA) is 73.6 Å². The molecule has 0 aromatic rings. The van der Waals surface area contributed by atoms with Gasteiger partial charge in [-0.2, -0.15) is 0 Å². The van der Waals surface area contributed by atoms with Crippen LogP contribution in [0.5, 0.6) is 0 Å². The van der Waals surface area contributed by atoms with Crippen LogP contribution >= 0.6 is 0 Å². The minimum Gasteiger partial charge on any atom is -0.382 e. The number of methoxy groups -OCH3 is 1. The summed E-state index contributed by atoms with van der Waals surface area (Å²) >= 11 is 0. The molecule has 0 saturated carbocycles. The van der Waals surface area contributed by atoms with Gasteiger partial charge in [-0.15, -0.1) is 0 Å². The average molecular weight is 204 g/mol. The van der Waals surface area contributed by atoms with Crippen LogP contribution in [0.4, 0.5) is 0 Å². The van der Waals surface area contributed by atoms with Gasteiger partial charge in [-0.3, -0.25) is 4.79 Å². The lowest BCUT2D eigenvalue weighted by molar-refractivity contribution is -0.117. The lowest BCUT2D eigenvalue weighted by atomic mass is 10.3. The SMILES string of the molecule is COCCOCCCCNCC(N)=O. The maximum atomic E-state index is 10.3. The lowest BCUT2D eigenvalue weighted by Gasteiger charge is -2.03. The molecule has 0 aromatic carbocycles. The summed E-state index contributed by atoms with van der Waals surface area (Å²) in [7, 11) is 1.65. The predicted octanol–water partition coefficient (Wildman–Crippen LogP) is -0.495. The van der Waals surface area contributed by atoms with Crippen molar-refractivity contribution in [3.05, 3.63) is 0 Å². The van der Waals surface area contributed by atoms with Crippen molar-refractivity contribution in [2.45, 2.75) is 12.8 Å². The maximum Gasteiger partial charge on any atom is 0.231 e. The molecule has 3 N–H and O–H groups in total. The van der Waals surface area contributed by atoms with Crippen LogP contribution in [-0.2, 0) is 14.3 Å². The maximum absolute atomic E-state index is 10.3. The van der Waals surface area contributed by atoms with Gasteiger partial charge in [-0.05, 0) is 19.4 Å². The molecule has 0 rings (SSSR count). The number of primary amides is 1. The third-order valence-corrected chi connectivity index (χ3v) is 1.62. The van der Waals surface area contributed by atoms with E-state index in [1.807, 2.05) is 0 Å². The van der Waals surface area contributed by atoms with Gasteiger partial charge in [0.05, 0.1) is 19.8 Å². The van der Waals surface area contributed by atoms with Gasteiger partial charge in [0.25, 0.3) is 0 Å². The minimum atomic E-state index is -0.318. The number of rotatable bonds is 10. The number of hydrogen-bond donors (Lipinski definition) is 2. The summed E-state index contributed by atoms with van der Waals surface area (Å²) in [6.07, 6.45) is 1.97. The van der Waals surface area contributed by atoms with Crippen molar-refractivity contribution in [3.63, 3.8) is 0 Å². The van der Waals surface area contributed by atoms with Crippen molar-refractivity contribution in [1.29, 1.82) is 0 Å². The zero-order chi connectivity index (χ0) is 10.6. The Morgan fingerprint density at radius 1 is 1.29 bits per heavy atom. The molecule has 0 aliphatic carbocycles. The normalized spacial score (nSPS) is 10.4. The van der Waals surface area contributed by atoms with Gasteiger partial charge >= 0.3 is 0 Å². The van der Waals surface area contributed by atoms with Crippen molar-refractivity contribution in [2.75, 3.05) is 40.0 Å². The van der Waals surface area contributed by atoms with Crippen LogP contribution in [0.15, 0.2) is 0 Å². The van der Waals surface area contributed by atoms with Crippen LogP contribution in [-0.4, -0.2) is 45.9 Å². The Kier molecular flexibility index (Phi) is 9.95. The lowest BCUT2D eigenvalue weighted by Crippen LogP contribution is -2.29. The van der Waals surface area contributed by atoms with Crippen LogP contribution < -0.4 is 11.1 Å². The van der Waals surface area contributed by atoms with Gasteiger partial charge in [0, 0.05) is 13.7 Å². The average Bonchev–Trinajstić information content (AvgIpc) is 2.15. The molecule has 0 heterocycles. The summed E-state index contributed by atoms with van der Waals surface area (Å²) in [5, 5.41) is 2.93. The third-order valence-electron chi connectivity index (χ3n) is 1.62. The van der Waals surface area contributed by atoms with E-state index in [0.717, 1.165) is 26.0 Å². The monoisotopic (exact) mass is 204 g/mol. The van der Waals surface area contributed by atoms with Gasteiger partial charge in [-0.1, -0.05) is 0 Å². The predicted molar refractivity (Wildman–Crippen MR) is 54.0 cm³/mol. The van der Waals surface area contributed by atoms with Crippen molar-refractivity contribution in [1.82, 2.24) is 5.32 Å². The molecule has 0 bridgehead atoms. The largest absolute Gasteiger partial charge is 0.382 e. The molecule has 5 heteroatoms. The van der Waals surface area contributed by atoms with Gasteiger partial charge in [0.2, 0.25) is 5.91 Å². The number of amides is 1. The van der Waals surface area contributed by atoms with Gasteiger partial charge in [0.15, 0.2) is 0 Å².